The fourth-order valence-corrected chi connectivity index (χ4v) is 3.07. The number of hydrogen-bond donors (Lipinski definition) is 2. The average Bonchev–Trinajstić information content (AvgIpc) is 2.70. The van der Waals surface area contributed by atoms with Crippen molar-refractivity contribution in [3.63, 3.8) is 0 Å². The van der Waals surface area contributed by atoms with Crippen LogP contribution in [0.4, 0.5) is 10.5 Å². The maximum absolute atomic E-state index is 12.7. The molecule has 1 saturated carbocycles. The predicted molar refractivity (Wildman–Crippen MR) is 90.1 cm³/mol. The van der Waals surface area contributed by atoms with Crippen molar-refractivity contribution in [1.29, 1.82) is 0 Å². The van der Waals surface area contributed by atoms with Crippen molar-refractivity contribution in [1.82, 2.24) is 14.7 Å². The van der Waals surface area contributed by atoms with Crippen LogP contribution in [-0.2, 0) is 7.05 Å². The first-order chi connectivity index (χ1) is 11.0. The number of aromatic nitrogens is 2. The lowest BCUT2D eigenvalue weighted by molar-refractivity contribution is 0.219. The molecular formula is C17H22N4O2. The van der Waals surface area contributed by atoms with Crippen LogP contribution in [0.1, 0.15) is 25.5 Å². The van der Waals surface area contributed by atoms with Crippen molar-refractivity contribution in [3.8, 4) is 5.69 Å². The van der Waals surface area contributed by atoms with Crippen LogP contribution >= 0.6 is 0 Å². The standard InChI is InChI=1S/C17H22N4O2/c1-11-9-13(10-11)18-17(23)19-15-12(2)20(3)21(16(15)22)14-7-5-4-6-8-14/h4-8,11,13H,9-10H2,1-3H3,(H2,18,19,23). The normalized spacial score (nSPS) is 20.0. The number of carbonyl (C=O) groups is 1. The molecule has 2 amide bonds. The van der Waals surface area contributed by atoms with E-state index in [2.05, 4.69) is 17.6 Å². The van der Waals surface area contributed by atoms with Gasteiger partial charge in [-0.15, -0.1) is 0 Å². The second-order valence-electron chi connectivity index (χ2n) is 6.31. The lowest BCUT2D eigenvalue weighted by atomic mass is 9.82. The summed E-state index contributed by atoms with van der Waals surface area (Å²) in [6.07, 6.45) is 1.99. The van der Waals surface area contributed by atoms with Gasteiger partial charge in [0.2, 0.25) is 0 Å². The zero-order chi connectivity index (χ0) is 16.6. The molecule has 0 saturated heterocycles. The van der Waals surface area contributed by atoms with Gasteiger partial charge < -0.3 is 10.6 Å². The summed E-state index contributed by atoms with van der Waals surface area (Å²) in [5.41, 5.74) is 1.58. The highest BCUT2D eigenvalue weighted by molar-refractivity contribution is 5.90. The van der Waals surface area contributed by atoms with Crippen LogP contribution in [0.25, 0.3) is 5.69 Å². The lowest BCUT2D eigenvalue weighted by Crippen LogP contribution is -2.45. The molecule has 3 rings (SSSR count). The van der Waals surface area contributed by atoms with Crippen LogP contribution in [0.3, 0.4) is 0 Å². The van der Waals surface area contributed by atoms with Crippen molar-refractivity contribution < 1.29 is 4.79 Å². The molecule has 0 bridgehead atoms. The molecule has 23 heavy (non-hydrogen) atoms. The van der Waals surface area contributed by atoms with Gasteiger partial charge in [-0.2, -0.15) is 0 Å². The van der Waals surface area contributed by atoms with E-state index in [9.17, 15) is 9.59 Å². The average molecular weight is 314 g/mol. The molecule has 2 aromatic rings. The van der Waals surface area contributed by atoms with Crippen molar-refractivity contribution in [2.45, 2.75) is 32.7 Å². The van der Waals surface area contributed by atoms with E-state index in [4.69, 9.17) is 0 Å². The topological polar surface area (TPSA) is 68.1 Å². The summed E-state index contributed by atoms with van der Waals surface area (Å²) in [5, 5.41) is 5.63. The summed E-state index contributed by atoms with van der Waals surface area (Å²) in [6, 6.07) is 9.28. The Morgan fingerprint density at radius 3 is 2.48 bits per heavy atom. The minimum Gasteiger partial charge on any atom is -0.335 e. The maximum atomic E-state index is 12.7. The highest BCUT2D eigenvalue weighted by Gasteiger charge is 2.27. The minimum atomic E-state index is -0.312. The zero-order valence-corrected chi connectivity index (χ0v) is 13.7. The maximum Gasteiger partial charge on any atom is 0.319 e. The predicted octanol–water partition coefficient (Wildman–Crippen LogP) is 2.40. The number of nitrogens with one attached hydrogen (secondary N) is 2. The van der Waals surface area contributed by atoms with E-state index in [0.717, 1.165) is 24.2 Å². The van der Waals surface area contributed by atoms with Crippen LogP contribution in [-0.4, -0.2) is 21.4 Å². The van der Waals surface area contributed by atoms with Gasteiger partial charge in [0.25, 0.3) is 5.56 Å². The number of para-hydroxylation sites is 1. The molecule has 1 aromatic heterocycles. The lowest BCUT2D eigenvalue weighted by Gasteiger charge is -2.33. The molecule has 1 fully saturated rings. The highest BCUT2D eigenvalue weighted by Crippen LogP contribution is 2.26. The smallest absolute Gasteiger partial charge is 0.319 e. The molecule has 1 heterocycles. The molecule has 1 aromatic carbocycles. The third-order valence-corrected chi connectivity index (χ3v) is 4.50. The van der Waals surface area contributed by atoms with E-state index in [1.54, 1.807) is 16.4 Å². The number of nitrogens with zero attached hydrogens (tertiary/aromatic N) is 2. The molecule has 0 spiro atoms. The Morgan fingerprint density at radius 2 is 1.87 bits per heavy atom. The van der Waals surface area contributed by atoms with E-state index in [-0.39, 0.29) is 17.6 Å². The summed E-state index contributed by atoms with van der Waals surface area (Å²) >= 11 is 0. The number of rotatable bonds is 3. The second kappa shape index (κ2) is 5.95. The number of anilines is 1. The molecule has 0 radical (unpaired) electrons. The summed E-state index contributed by atoms with van der Waals surface area (Å²) in [5.74, 6) is 0.661. The molecule has 122 valence electrons. The summed E-state index contributed by atoms with van der Waals surface area (Å²) < 4.78 is 3.30. The first-order valence-corrected chi connectivity index (χ1v) is 7.89. The molecule has 1 aliphatic rings. The van der Waals surface area contributed by atoms with Gasteiger partial charge in [-0.3, -0.25) is 9.48 Å². The van der Waals surface area contributed by atoms with Gasteiger partial charge in [0.15, 0.2) is 0 Å². The first-order valence-electron chi connectivity index (χ1n) is 7.89. The Bertz CT molecular complexity index is 770. The largest absolute Gasteiger partial charge is 0.335 e. The Kier molecular flexibility index (Phi) is 3.98. The molecule has 6 heteroatoms. The summed E-state index contributed by atoms with van der Waals surface area (Å²) in [7, 11) is 1.81. The van der Waals surface area contributed by atoms with Crippen molar-refractivity contribution in [2.75, 3.05) is 5.32 Å². The number of hydrogen-bond acceptors (Lipinski definition) is 2. The second-order valence-corrected chi connectivity index (χ2v) is 6.31. The molecule has 0 atom stereocenters. The van der Waals surface area contributed by atoms with E-state index in [1.165, 1.54) is 0 Å². The fraction of sp³-hybridized carbons (Fsp3) is 0.412. The van der Waals surface area contributed by atoms with Gasteiger partial charge in [-0.25, -0.2) is 9.48 Å². The first kappa shape index (κ1) is 15.4. The van der Waals surface area contributed by atoms with Crippen LogP contribution in [0.5, 0.6) is 0 Å². The van der Waals surface area contributed by atoms with Crippen LogP contribution in [0.2, 0.25) is 0 Å². The molecule has 2 N–H and O–H groups in total. The van der Waals surface area contributed by atoms with Crippen molar-refractivity contribution in [2.24, 2.45) is 13.0 Å². The fourth-order valence-electron chi connectivity index (χ4n) is 3.07. The summed E-state index contributed by atoms with van der Waals surface area (Å²) in [4.78, 5) is 24.8. The third kappa shape index (κ3) is 2.88. The van der Waals surface area contributed by atoms with Gasteiger partial charge in [0, 0.05) is 13.1 Å². The number of amides is 2. The monoisotopic (exact) mass is 314 g/mol. The molecule has 0 aliphatic heterocycles. The number of carbonyl (C=O) groups excluding carboxylic acids is 1. The quantitative estimate of drug-likeness (QED) is 0.913. The van der Waals surface area contributed by atoms with Crippen molar-refractivity contribution >= 4 is 11.7 Å². The van der Waals surface area contributed by atoms with E-state index >= 15 is 0 Å². The SMILES string of the molecule is Cc1c(NC(=O)NC2CC(C)C2)c(=O)n(-c2ccccc2)n1C. The Balaban J connectivity index is 1.83. The minimum absolute atomic E-state index is 0.213. The third-order valence-electron chi connectivity index (χ3n) is 4.50. The number of benzene rings is 1. The van der Waals surface area contributed by atoms with Gasteiger partial charge in [0.05, 0.1) is 11.4 Å². The Morgan fingerprint density at radius 1 is 1.22 bits per heavy atom. The Labute approximate surface area is 135 Å². The van der Waals surface area contributed by atoms with Crippen LogP contribution in [0, 0.1) is 12.8 Å². The van der Waals surface area contributed by atoms with Crippen LogP contribution in [0.15, 0.2) is 35.1 Å². The molecule has 6 nitrogen and oxygen atoms in total. The van der Waals surface area contributed by atoms with Gasteiger partial charge >= 0.3 is 6.03 Å². The molecule has 1 aliphatic carbocycles. The van der Waals surface area contributed by atoms with Crippen molar-refractivity contribution in [3.05, 3.63) is 46.4 Å². The zero-order valence-electron chi connectivity index (χ0n) is 13.7. The van der Waals surface area contributed by atoms with Gasteiger partial charge in [0.1, 0.15) is 5.69 Å². The number of urea groups is 1. The van der Waals surface area contributed by atoms with E-state index < -0.39 is 0 Å². The van der Waals surface area contributed by atoms with E-state index in [0.29, 0.717) is 11.6 Å². The van der Waals surface area contributed by atoms with Gasteiger partial charge in [-0.05, 0) is 37.8 Å². The Hall–Kier alpha value is -2.50. The van der Waals surface area contributed by atoms with E-state index in [1.807, 2.05) is 37.3 Å². The van der Waals surface area contributed by atoms with Crippen LogP contribution < -0.4 is 16.2 Å². The highest BCUT2D eigenvalue weighted by atomic mass is 16.2. The summed E-state index contributed by atoms with van der Waals surface area (Å²) in [6.45, 7) is 3.98. The molecular weight excluding hydrogens is 292 g/mol. The van der Waals surface area contributed by atoms with Gasteiger partial charge in [-0.1, -0.05) is 25.1 Å². The molecule has 0 unspecified atom stereocenters.